The molecule has 0 bridgehead atoms. The molecule has 0 aliphatic carbocycles. The lowest BCUT2D eigenvalue weighted by Crippen LogP contribution is -2.17. The van der Waals surface area contributed by atoms with Gasteiger partial charge in [-0.05, 0) is 60.4 Å². The second-order valence-electron chi connectivity index (χ2n) is 5.43. The van der Waals surface area contributed by atoms with Crippen molar-refractivity contribution in [3.8, 4) is 5.69 Å². The van der Waals surface area contributed by atoms with Gasteiger partial charge < -0.3 is 5.32 Å². The zero-order chi connectivity index (χ0) is 13.8. The van der Waals surface area contributed by atoms with Gasteiger partial charge in [0.25, 0.3) is 0 Å². The minimum absolute atomic E-state index is 0.471. The highest BCUT2D eigenvalue weighted by Crippen LogP contribution is 2.19. The van der Waals surface area contributed by atoms with Crippen LogP contribution in [0.4, 0.5) is 5.69 Å². The second kappa shape index (κ2) is 5.82. The smallest absolute Gasteiger partial charge is 0.143 e. The molecule has 2 aromatic rings. The SMILES string of the molecule is Cc1cc(NC(C)CC(C)C)ccc1-n1cnnn1. The Morgan fingerprint density at radius 3 is 2.63 bits per heavy atom. The second-order valence-corrected chi connectivity index (χ2v) is 5.43. The number of nitrogens with zero attached hydrogens (tertiary/aromatic N) is 4. The van der Waals surface area contributed by atoms with E-state index in [0.717, 1.165) is 23.4 Å². The standard InChI is InChI=1S/C14H21N5/c1-10(2)7-12(4)16-13-5-6-14(11(3)8-13)19-9-15-17-18-19/h5-6,8-10,12,16H,7H2,1-4H3. The number of tetrazole rings is 1. The van der Waals surface area contributed by atoms with Crippen molar-refractivity contribution < 1.29 is 0 Å². The van der Waals surface area contributed by atoms with E-state index in [1.54, 1.807) is 11.0 Å². The molecule has 0 radical (unpaired) electrons. The molecule has 1 atom stereocenters. The number of anilines is 1. The molecule has 2 rings (SSSR count). The Balaban J connectivity index is 2.11. The van der Waals surface area contributed by atoms with Crippen LogP contribution in [0.5, 0.6) is 0 Å². The Morgan fingerprint density at radius 2 is 2.05 bits per heavy atom. The van der Waals surface area contributed by atoms with Gasteiger partial charge in [-0.15, -0.1) is 5.10 Å². The monoisotopic (exact) mass is 259 g/mol. The van der Waals surface area contributed by atoms with Crippen molar-refractivity contribution in [1.29, 1.82) is 0 Å². The molecule has 0 aliphatic rings. The first-order valence-corrected chi connectivity index (χ1v) is 6.67. The number of nitrogens with one attached hydrogen (secondary N) is 1. The van der Waals surface area contributed by atoms with Crippen molar-refractivity contribution in [3.63, 3.8) is 0 Å². The predicted octanol–water partition coefficient (Wildman–Crippen LogP) is 2.82. The fourth-order valence-corrected chi connectivity index (χ4v) is 2.32. The molecule has 0 saturated heterocycles. The van der Waals surface area contributed by atoms with E-state index in [9.17, 15) is 0 Å². The molecular formula is C14H21N5. The summed E-state index contributed by atoms with van der Waals surface area (Å²) in [6.45, 7) is 8.76. The van der Waals surface area contributed by atoms with Gasteiger partial charge in [0.15, 0.2) is 0 Å². The lowest BCUT2D eigenvalue weighted by Gasteiger charge is -2.18. The van der Waals surface area contributed by atoms with Crippen LogP contribution in [0.25, 0.3) is 5.69 Å². The first-order valence-electron chi connectivity index (χ1n) is 6.67. The maximum Gasteiger partial charge on any atom is 0.143 e. The minimum Gasteiger partial charge on any atom is -0.383 e. The van der Waals surface area contributed by atoms with Crippen molar-refractivity contribution in [2.75, 3.05) is 5.32 Å². The zero-order valence-electron chi connectivity index (χ0n) is 12.0. The number of aryl methyl sites for hydroxylation is 1. The molecule has 0 saturated carbocycles. The third-order valence-corrected chi connectivity index (χ3v) is 3.03. The van der Waals surface area contributed by atoms with Gasteiger partial charge in [0.1, 0.15) is 6.33 Å². The van der Waals surface area contributed by atoms with Gasteiger partial charge in [-0.25, -0.2) is 4.68 Å². The van der Waals surface area contributed by atoms with Crippen LogP contribution in [-0.4, -0.2) is 26.2 Å². The summed E-state index contributed by atoms with van der Waals surface area (Å²) in [6, 6.07) is 6.71. The molecule has 0 amide bonds. The van der Waals surface area contributed by atoms with Crippen LogP contribution in [0.3, 0.4) is 0 Å². The van der Waals surface area contributed by atoms with E-state index in [0.29, 0.717) is 12.0 Å². The molecule has 1 N–H and O–H groups in total. The van der Waals surface area contributed by atoms with E-state index in [4.69, 9.17) is 0 Å². The van der Waals surface area contributed by atoms with Crippen LogP contribution in [0.1, 0.15) is 32.8 Å². The van der Waals surface area contributed by atoms with E-state index >= 15 is 0 Å². The molecule has 0 spiro atoms. The summed E-state index contributed by atoms with van der Waals surface area (Å²) in [5.41, 5.74) is 3.29. The normalized spacial score (nSPS) is 12.7. The van der Waals surface area contributed by atoms with Crippen LogP contribution in [0, 0.1) is 12.8 Å². The molecule has 1 aromatic heterocycles. The lowest BCUT2D eigenvalue weighted by molar-refractivity contribution is 0.540. The quantitative estimate of drug-likeness (QED) is 0.897. The van der Waals surface area contributed by atoms with Crippen molar-refractivity contribution in [2.24, 2.45) is 5.92 Å². The summed E-state index contributed by atoms with van der Waals surface area (Å²) < 4.78 is 1.68. The average Bonchev–Trinajstić information content (AvgIpc) is 2.81. The summed E-state index contributed by atoms with van der Waals surface area (Å²) in [5.74, 6) is 0.698. The number of rotatable bonds is 5. The maximum absolute atomic E-state index is 3.91. The Morgan fingerprint density at radius 1 is 1.26 bits per heavy atom. The summed E-state index contributed by atoms with van der Waals surface area (Å²) >= 11 is 0. The minimum atomic E-state index is 0.471. The largest absolute Gasteiger partial charge is 0.383 e. The number of hydrogen-bond donors (Lipinski definition) is 1. The summed E-state index contributed by atoms with van der Waals surface area (Å²) in [5, 5.41) is 14.8. The van der Waals surface area contributed by atoms with Crippen molar-refractivity contribution in [1.82, 2.24) is 20.2 Å². The fourth-order valence-electron chi connectivity index (χ4n) is 2.32. The first kappa shape index (κ1) is 13.5. The number of hydrogen-bond acceptors (Lipinski definition) is 4. The molecular weight excluding hydrogens is 238 g/mol. The van der Waals surface area contributed by atoms with Crippen molar-refractivity contribution >= 4 is 5.69 Å². The van der Waals surface area contributed by atoms with Crippen LogP contribution in [-0.2, 0) is 0 Å². The van der Waals surface area contributed by atoms with Gasteiger partial charge in [-0.1, -0.05) is 13.8 Å². The highest BCUT2D eigenvalue weighted by Gasteiger charge is 2.07. The predicted molar refractivity (Wildman–Crippen MR) is 76.4 cm³/mol. The van der Waals surface area contributed by atoms with E-state index in [-0.39, 0.29) is 0 Å². The molecule has 102 valence electrons. The number of aromatic nitrogens is 4. The molecule has 5 heteroatoms. The Hall–Kier alpha value is -1.91. The van der Waals surface area contributed by atoms with E-state index < -0.39 is 0 Å². The van der Waals surface area contributed by atoms with Crippen molar-refractivity contribution in [3.05, 3.63) is 30.1 Å². The molecule has 1 unspecified atom stereocenters. The average molecular weight is 259 g/mol. The molecule has 5 nitrogen and oxygen atoms in total. The van der Waals surface area contributed by atoms with Gasteiger partial charge in [0.2, 0.25) is 0 Å². The Labute approximate surface area is 114 Å². The number of benzene rings is 1. The van der Waals surface area contributed by atoms with Gasteiger partial charge in [-0.2, -0.15) is 0 Å². The molecule has 1 heterocycles. The van der Waals surface area contributed by atoms with Crippen molar-refractivity contribution in [2.45, 2.75) is 40.2 Å². The van der Waals surface area contributed by atoms with E-state index in [1.807, 2.05) is 6.07 Å². The molecule has 0 aliphatic heterocycles. The first-order chi connectivity index (χ1) is 9.06. The third-order valence-electron chi connectivity index (χ3n) is 3.03. The molecule has 0 fully saturated rings. The van der Waals surface area contributed by atoms with E-state index in [1.165, 1.54) is 0 Å². The van der Waals surface area contributed by atoms with E-state index in [2.05, 4.69) is 60.7 Å². The zero-order valence-corrected chi connectivity index (χ0v) is 12.0. The Kier molecular flexibility index (Phi) is 4.14. The molecule has 1 aromatic carbocycles. The Bertz CT molecular complexity index is 519. The highest BCUT2D eigenvalue weighted by atomic mass is 15.5. The fraction of sp³-hybridized carbons (Fsp3) is 0.500. The van der Waals surface area contributed by atoms with Crippen LogP contribution >= 0.6 is 0 Å². The van der Waals surface area contributed by atoms with Crippen LogP contribution in [0.15, 0.2) is 24.5 Å². The lowest BCUT2D eigenvalue weighted by atomic mass is 10.0. The molecule has 19 heavy (non-hydrogen) atoms. The highest BCUT2D eigenvalue weighted by molar-refractivity contribution is 5.53. The summed E-state index contributed by atoms with van der Waals surface area (Å²) in [7, 11) is 0. The van der Waals surface area contributed by atoms with Gasteiger partial charge >= 0.3 is 0 Å². The van der Waals surface area contributed by atoms with Gasteiger partial charge in [0, 0.05) is 11.7 Å². The van der Waals surface area contributed by atoms with Crippen LogP contribution in [0.2, 0.25) is 0 Å². The van der Waals surface area contributed by atoms with Gasteiger partial charge in [0.05, 0.1) is 5.69 Å². The topological polar surface area (TPSA) is 55.6 Å². The summed E-state index contributed by atoms with van der Waals surface area (Å²) in [4.78, 5) is 0. The summed E-state index contributed by atoms with van der Waals surface area (Å²) in [6.07, 6.45) is 2.77. The van der Waals surface area contributed by atoms with Gasteiger partial charge in [-0.3, -0.25) is 0 Å². The van der Waals surface area contributed by atoms with Crippen LogP contribution < -0.4 is 5.32 Å². The third kappa shape index (κ3) is 3.53. The maximum atomic E-state index is 3.91.